The Morgan fingerprint density at radius 2 is 1.84 bits per heavy atom. The maximum Gasteiger partial charge on any atom is 0.408 e. The number of aromatic hydroxyl groups is 1. The molecule has 5 heteroatoms. The minimum atomic E-state index is -0.767. The lowest BCUT2D eigenvalue weighted by Crippen LogP contribution is -2.43. The Balaban J connectivity index is 2.89. The molecule has 1 aromatic rings. The zero-order chi connectivity index (χ0) is 14.8. The fourth-order valence-electron chi connectivity index (χ4n) is 1.66. The Kier molecular flexibility index (Phi) is 4.35. The van der Waals surface area contributed by atoms with Gasteiger partial charge in [0.05, 0.1) is 5.54 Å². The van der Waals surface area contributed by atoms with Crippen LogP contribution in [0.15, 0.2) is 18.2 Å². The molecule has 0 aliphatic rings. The molecule has 2 N–H and O–H groups in total. The van der Waals surface area contributed by atoms with E-state index in [-0.39, 0.29) is 5.75 Å². The molecule has 0 spiro atoms. The topological polar surface area (TPSA) is 58.6 Å². The van der Waals surface area contributed by atoms with E-state index in [2.05, 4.69) is 5.32 Å². The van der Waals surface area contributed by atoms with Crippen LogP contribution < -0.4 is 5.32 Å². The highest BCUT2D eigenvalue weighted by atomic mass is 35.5. The van der Waals surface area contributed by atoms with Crippen LogP contribution >= 0.6 is 11.6 Å². The summed E-state index contributed by atoms with van der Waals surface area (Å²) in [6, 6.07) is 4.78. The smallest absolute Gasteiger partial charge is 0.408 e. The predicted molar refractivity (Wildman–Crippen MR) is 75.5 cm³/mol. The maximum absolute atomic E-state index is 11.8. The maximum atomic E-state index is 11.8. The van der Waals surface area contributed by atoms with Gasteiger partial charge in [0.25, 0.3) is 0 Å². The summed E-state index contributed by atoms with van der Waals surface area (Å²) in [6.07, 6.45) is -0.535. The third kappa shape index (κ3) is 4.63. The van der Waals surface area contributed by atoms with E-state index in [1.807, 2.05) is 0 Å². The van der Waals surface area contributed by atoms with Crippen LogP contribution in [0.3, 0.4) is 0 Å². The van der Waals surface area contributed by atoms with Gasteiger partial charge in [-0.05, 0) is 46.8 Å². The second-order valence-electron chi connectivity index (χ2n) is 5.91. The first-order valence-electron chi connectivity index (χ1n) is 6.01. The number of halogens is 1. The number of carbonyl (C=O) groups excluding carboxylic acids is 1. The molecule has 19 heavy (non-hydrogen) atoms. The number of benzene rings is 1. The first kappa shape index (κ1) is 15.6. The molecule has 0 aromatic heterocycles. The number of amides is 1. The first-order chi connectivity index (χ1) is 8.51. The lowest BCUT2D eigenvalue weighted by atomic mass is 9.93. The number of phenolic OH excluding ortho intramolecular Hbond substituents is 1. The van der Waals surface area contributed by atoms with E-state index in [4.69, 9.17) is 16.3 Å². The molecule has 1 rings (SSSR count). The molecule has 0 radical (unpaired) electrons. The summed E-state index contributed by atoms with van der Waals surface area (Å²) in [5.74, 6) is 0.0357. The fraction of sp³-hybridized carbons (Fsp3) is 0.500. The lowest BCUT2D eigenvalue weighted by Gasteiger charge is -2.29. The molecular weight excluding hydrogens is 266 g/mol. The number of alkyl carbamates (subject to hydrolysis) is 1. The van der Waals surface area contributed by atoms with Crippen LogP contribution in [-0.2, 0) is 10.3 Å². The van der Waals surface area contributed by atoms with Crippen molar-refractivity contribution < 1.29 is 14.6 Å². The van der Waals surface area contributed by atoms with Gasteiger partial charge in [0, 0.05) is 10.6 Å². The number of phenols is 1. The minimum absolute atomic E-state index is 0.0357. The molecule has 0 saturated carbocycles. The van der Waals surface area contributed by atoms with Crippen LogP contribution in [0.2, 0.25) is 5.02 Å². The van der Waals surface area contributed by atoms with Crippen LogP contribution in [0.1, 0.15) is 40.2 Å². The highest BCUT2D eigenvalue weighted by Crippen LogP contribution is 2.31. The summed E-state index contributed by atoms with van der Waals surface area (Å²) < 4.78 is 5.20. The van der Waals surface area contributed by atoms with Gasteiger partial charge in [0.15, 0.2) is 0 Å². The molecule has 0 heterocycles. The normalized spacial score (nSPS) is 12.1. The third-order valence-electron chi connectivity index (χ3n) is 2.45. The second-order valence-corrected chi connectivity index (χ2v) is 6.35. The van der Waals surface area contributed by atoms with Gasteiger partial charge in [-0.1, -0.05) is 17.7 Å². The number of ether oxygens (including phenoxy) is 1. The summed E-state index contributed by atoms with van der Waals surface area (Å²) in [4.78, 5) is 11.8. The van der Waals surface area contributed by atoms with Gasteiger partial charge >= 0.3 is 6.09 Å². The van der Waals surface area contributed by atoms with E-state index < -0.39 is 17.2 Å². The van der Waals surface area contributed by atoms with Gasteiger partial charge < -0.3 is 15.2 Å². The van der Waals surface area contributed by atoms with Crippen LogP contribution in [0.4, 0.5) is 4.79 Å². The second kappa shape index (κ2) is 5.29. The Morgan fingerprint density at radius 1 is 1.26 bits per heavy atom. The van der Waals surface area contributed by atoms with E-state index in [0.29, 0.717) is 10.6 Å². The summed E-state index contributed by atoms with van der Waals surface area (Å²) >= 11 is 5.79. The number of hydrogen-bond acceptors (Lipinski definition) is 3. The molecule has 106 valence electrons. The Bertz CT molecular complexity index is 478. The average Bonchev–Trinajstić information content (AvgIpc) is 2.11. The monoisotopic (exact) mass is 285 g/mol. The highest BCUT2D eigenvalue weighted by Gasteiger charge is 2.28. The molecule has 0 saturated heterocycles. The van der Waals surface area contributed by atoms with Crippen molar-refractivity contribution in [3.63, 3.8) is 0 Å². The highest BCUT2D eigenvalue weighted by molar-refractivity contribution is 6.30. The van der Waals surface area contributed by atoms with E-state index in [1.165, 1.54) is 6.07 Å². The fourth-order valence-corrected chi connectivity index (χ4v) is 1.83. The van der Waals surface area contributed by atoms with Crippen molar-refractivity contribution in [3.05, 3.63) is 28.8 Å². The molecular formula is C14H20ClNO3. The van der Waals surface area contributed by atoms with Crippen molar-refractivity contribution >= 4 is 17.7 Å². The zero-order valence-corrected chi connectivity index (χ0v) is 12.6. The largest absolute Gasteiger partial charge is 0.508 e. The minimum Gasteiger partial charge on any atom is -0.508 e. The van der Waals surface area contributed by atoms with E-state index in [1.54, 1.807) is 46.8 Å². The standard InChI is InChI=1S/C14H20ClNO3/c1-13(2,3)19-12(18)16-14(4,5)10-7-6-9(15)8-11(10)17/h6-8,17H,1-5H3,(H,16,18). The van der Waals surface area contributed by atoms with E-state index in [0.717, 1.165) is 0 Å². The van der Waals surface area contributed by atoms with Crippen molar-refractivity contribution in [2.24, 2.45) is 0 Å². The molecule has 0 aliphatic carbocycles. The summed E-state index contributed by atoms with van der Waals surface area (Å²) in [6.45, 7) is 8.93. The van der Waals surface area contributed by atoms with Gasteiger partial charge in [-0.3, -0.25) is 0 Å². The molecule has 0 atom stereocenters. The Hall–Kier alpha value is -1.42. The average molecular weight is 286 g/mol. The van der Waals surface area contributed by atoms with Gasteiger partial charge in [0.2, 0.25) is 0 Å². The molecule has 0 fully saturated rings. The third-order valence-corrected chi connectivity index (χ3v) is 2.68. The first-order valence-corrected chi connectivity index (χ1v) is 6.39. The van der Waals surface area contributed by atoms with Crippen LogP contribution in [0.25, 0.3) is 0 Å². The molecule has 1 aromatic carbocycles. The lowest BCUT2D eigenvalue weighted by molar-refractivity contribution is 0.0469. The van der Waals surface area contributed by atoms with Gasteiger partial charge in [-0.2, -0.15) is 0 Å². The van der Waals surface area contributed by atoms with Crippen LogP contribution in [0.5, 0.6) is 5.75 Å². The zero-order valence-electron chi connectivity index (χ0n) is 11.9. The Morgan fingerprint density at radius 3 is 2.32 bits per heavy atom. The van der Waals surface area contributed by atoms with Crippen molar-refractivity contribution in [1.82, 2.24) is 5.32 Å². The molecule has 0 unspecified atom stereocenters. The molecule has 1 amide bonds. The number of nitrogens with one attached hydrogen (secondary N) is 1. The summed E-state index contributed by atoms with van der Waals surface area (Å²) in [7, 11) is 0. The van der Waals surface area contributed by atoms with Crippen LogP contribution in [-0.4, -0.2) is 16.8 Å². The van der Waals surface area contributed by atoms with Gasteiger partial charge in [-0.25, -0.2) is 4.79 Å². The predicted octanol–water partition coefficient (Wildman–Crippen LogP) is 3.81. The van der Waals surface area contributed by atoms with E-state index >= 15 is 0 Å². The number of carbonyl (C=O) groups is 1. The molecule has 4 nitrogen and oxygen atoms in total. The van der Waals surface area contributed by atoms with Crippen molar-refractivity contribution in [3.8, 4) is 5.75 Å². The van der Waals surface area contributed by atoms with E-state index in [9.17, 15) is 9.90 Å². The molecule has 0 bridgehead atoms. The van der Waals surface area contributed by atoms with Crippen molar-refractivity contribution in [2.75, 3.05) is 0 Å². The van der Waals surface area contributed by atoms with Crippen molar-refractivity contribution in [2.45, 2.75) is 45.8 Å². The Labute approximate surface area is 118 Å². The van der Waals surface area contributed by atoms with Gasteiger partial charge in [0.1, 0.15) is 11.4 Å². The molecule has 0 aliphatic heterocycles. The van der Waals surface area contributed by atoms with Gasteiger partial charge in [-0.15, -0.1) is 0 Å². The summed E-state index contributed by atoms with van der Waals surface area (Å²) in [5.41, 5.74) is -0.762. The number of rotatable bonds is 2. The SMILES string of the molecule is CC(C)(C)OC(=O)NC(C)(C)c1ccc(Cl)cc1O. The quantitative estimate of drug-likeness (QED) is 0.869. The summed E-state index contributed by atoms with van der Waals surface area (Å²) in [5, 5.41) is 13.1. The van der Waals surface area contributed by atoms with Crippen LogP contribution in [0, 0.1) is 0 Å². The number of hydrogen-bond donors (Lipinski definition) is 2. The van der Waals surface area contributed by atoms with Crippen molar-refractivity contribution in [1.29, 1.82) is 0 Å².